The van der Waals surface area contributed by atoms with Gasteiger partial charge < -0.3 is 9.88 Å². The Bertz CT molecular complexity index is 460. The summed E-state index contributed by atoms with van der Waals surface area (Å²) >= 11 is 3.60. The summed E-state index contributed by atoms with van der Waals surface area (Å²) in [6.07, 6.45) is 2.08. The molecular formula is C11H13BrN2. The highest BCUT2D eigenvalue weighted by Crippen LogP contribution is 2.26. The van der Waals surface area contributed by atoms with Gasteiger partial charge in [0.2, 0.25) is 0 Å². The van der Waals surface area contributed by atoms with E-state index in [2.05, 4.69) is 57.3 Å². The molecule has 0 aliphatic rings. The Balaban J connectivity index is 2.62. The van der Waals surface area contributed by atoms with E-state index in [1.54, 1.807) is 0 Å². The molecule has 1 N–H and O–H groups in total. The summed E-state index contributed by atoms with van der Waals surface area (Å²) in [6, 6.07) is 6.52. The first-order valence-corrected chi connectivity index (χ1v) is 5.39. The third kappa shape index (κ3) is 1.57. The van der Waals surface area contributed by atoms with Crippen molar-refractivity contribution >= 4 is 26.8 Å². The van der Waals surface area contributed by atoms with Crippen LogP contribution in [0.25, 0.3) is 10.9 Å². The molecule has 2 nitrogen and oxygen atoms in total. The topological polar surface area (TPSA) is 17.0 Å². The molecule has 0 atom stereocenters. The molecule has 1 aromatic carbocycles. The lowest BCUT2D eigenvalue weighted by Gasteiger charge is -2.04. The van der Waals surface area contributed by atoms with Crippen molar-refractivity contribution < 1.29 is 0 Å². The van der Waals surface area contributed by atoms with Crippen LogP contribution in [0.2, 0.25) is 0 Å². The van der Waals surface area contributed by atoms with E-state index in [4.69, 9.17) is 0 Å². The Labute approximate surface area is 92.0 Å². The number of hydrogen-bond acceptors (Lipinski definition) is 1. The molecule has 2 rings (SSSR count). The SMILES string of the molecule is CNCc1cc(Br)c2c(ccn2C)c1. The van der Waals surface area contributed by atoms with E-state index in [0.29, 0.717) is 0 Å². The van der Waals surface area contributed by atoms with E-state index in [0.717, 1.165) is 11.0 Å². The number of benzene rings is 1. The number of aryl methyl sites for hydroxylation is 1. The zero-order valence-electron chi connectivity index (χ0n) is 8.34. The summed E-state index contributed by atoms with van der Waals surface area (Å²) in [5, 5.41) is 4.44. The number of rotatable bonds is 2. The van der Waals surface area contributed by atoms with Gasteiger partial charge in [0.05, 0.1) is 5.52 Å². The smallest absolute Gasteiger partial charge is 0.0622 e. The molecular weight excluding hydrogens is 240 g/mol. The van der Waals surface area contributed by atoms with Crippen molar-refractivity contribution in [2.45, 2.75) is 6.54 Å². The molecule has 1 aromatic heterocycles. The van der Waals surface area contributed by atoms with Gasteiger partial charge in [0.15, 0.2) is 0 Å². The van der Waals surface area contributed by atoms with E-state index in [1.165, 1.54) is 16.5 Å². The van der Waals surface area contributed by atoms with Crippen LogP contribution in [-0.2, 0) is 13.6 Å². The van der Waals surface area contributed by atoms with Crippen LogP contribution in [0.5, 0.6) is 0 Å². The third-order valence-electron chi connectivity index (χ3n) is 2.36. The van der Waals surface area contributed by atoms with E-state index >= 15 is 0 Å². The predicted octanol–water partition coefficient (Wildman–Crippen LogP) is 2.66. The van der Waals surface area contributed by atoms with Crippen LogP contribution in [-0.4, -0.2) is 11.6 Å². The van der Waals surface area contributed by atoms with E-state index < -0.39 is 0 Å². The Hall–Kier alpha value is -0.800. The zero-order chi connectivity index (χ0) is 10.1. The maximum Gasteiger partial charge on any atom is 0.0622 e. The Morgan fingerprint density at radius 3 is 2.93 bits per heavy atom. The van der Waals surface area contributed by atoms with Crippen molar-refractivity contribution in [3.05, 3.63) is 34.4 Å². The fourth-order valence-corrected chi connectivity index (χ4v) is 2.55. The maximum absolute atomic E-state index is 3.60. The van der Waals surface area contributed by atoms with Gasteiger partial charge in [0, 0.05) is 29.6 Å². The molecule has 3 heteroatoms. The zero-order valence-corrected chi connectivity index (χ0v) is 9.93. The van der Waals surface area contributed by atoms with Gasteiger partial charge in [-0.1, -0.05) is 0 Å². The first-order valence-electron chi connectivity index (χ1n) is 4.60. The first kappa shape index (κ1) is 9.74. The van der Waals surface area contributed by atoms with Gasteiger partial charge in [-0.05, 0) is 46.7 Å². The van der Waals surface area contributed by atoms with Gasteiger partial charge >= 0.3 is 0 Å². The second-order valence-electron chi connectivity index (χ2n) is 3.47. The third-order valence-corrected chi connectivity index (χ3v) is 2.97. The highest BCUT2D eigenvalue weighted by Gasteiger charge is 2.04. The van der Waals surface area contributed by atoms with Crippen molar-refractivity contribution in [1.82, 2.24) is 9.88 Å². The van der Waals surface area contributed by atoms with Gasteiger partial charge in [-0.2, -0.15) is 0 Å². The minimum atomic E-state index is 0.906. The molecule has 0 fully saturated rings. The lowest BCUT2D eigenvalue weighted by Crippen LogP contribution is -2.04. The summed E-state index contributed by atoms with van der Waals surface area (Å²) in [7, 11) is 4.02. The van der Waals surface area contributed by atoms with Crippen LogP contribution < -0.4 is 5.32 Å². The standard InChI is InChI=1S/C11H13BrN2/c1-13-7-8-5-9-3-4-14(2)11(9)10(12)6-8/h3-6,13H,7H2,1-2H3. The van der Waals surface area contributed by atoms with Gasteiger partial charge in [-0.3, -0.25) is 0 Å². The average molecular weight is 253 g/mol. The number of nitrogens with zero attached hydrogens (tertiary/aromatic N) is 1. The molecule has 14 heavy (non-hydrogen) atoms. The van der Waals surface area contributed by atoms with Crippen molar-refractivity contribution in [2.75, 3.05) is 7.05 Å². The van der Waals surface area contributed by atoms with Crippen LogP contribution in [0.4, 0.5) is 0 Å². The molecule has 0 unspecified atom stereocenters. The number of aromatic nitrogens is 1. The first-order chi connectivity index (χ1) is 6.72. The van der Waals surface area contributed by atoms with Crippen LogP contribution in [0.15, 0.2) is 28.9 Å². The highest BCUT2D eigenvalue weighted by molar-refractivity contribution is 9.10. The molecule has 0 bridgehead atoms. The van der Waals surface area contributed by atoms with Crippen molar-refractivity contribution in [1.29, 1.82) is 0 Å². The van der Waals surface area contributed by atoms with E-state index in [1.807, 2.05) is 7.05 Å². The second kappa shape index (κ2) is 3.75. The summed E-state index contributed by atoms with van der Waals surface area (Å²) in [5.74, 6) is 0. The lowest BCUT2D eigenvalue weighted by atomic mass is 10.1. The quantitative estimate of drug-likeness (QED) is 0.870. The molecule has 0 saturated carbocycles. The van der Waals surface area contributed by atoms with Gasteiger partial charge in [-0.15, -0.1) is 0 Å². The lowest BCUT2D eigenvalue weighted by molar-refractivity contribution is 0.818. The highest BCUT2D eigenvalue weighted by atomic mass is 79.9. The second-order valence-corrected chi connectivity index (χ2v) is 4.33. The van der Waals surface area contributed by atoms with Crippen LogP contribution in [0, 0.1) is 0 Å². The summed E-state index contributed by atoms with van der Waals surface area (Å²) in [5.41, 5.74) is 2.56. The minimum absolute atomic E-state index is 0.906. The Kier molecular flexibility index (Phi) is 2.61. The largest absolute Gasteiger partial charge is 0.350 e. The molecule has 2 aromatic rings. The monoisotopic (exact) mass is 252 g/mol. The van der Waals surface area contributed by atoms with Gasteiger partial charge in [-0.25, -0.2) is 0 Å². The number of fused-ring (bicyclic) bond motifs is 1. The van der Waals surface area contributed by atoms with Gasteiger partial charge in [0.25, 0.3) is 0 Å². The molecule has 0 saturated heterocycles. The Morgan fingerprint density at radius 1 is 1.43 bits per heavy atom. The van der Waals surface area contributed by atoms with Crippen molar-refractivity contribution in [3.63, 3.8) is 0 Å². The summed E-state index contributed by atoms with van der Waals surface area (Å²) in [6.45, 7) is 0.906. The molecule has 0 aliphatic heterocycles. The van der Waals surface area contributed by atoms with Crippen molar-refractivity contribution in [3.8, 4) is 0 Å². The normalized spacial score (nSPS) is 11.1. The molecule has 0 aliphatic carbocycles. The molecule has 0 radical (unpaired) electrons. The van der Waals surface area contributed by atoms with E-state index in [-0.39, 0.29) is 0 Å². The summed E-state index contributed by atoms with van der Waals surface area (Å²) < 4.78 is 3.29. The minimum Gasteiger partial charge on any atom is -0.350 e. The average Bonchev–Trinajstić information content (AvgIpc) is 2.48. The molecule has 74 valence electrons. The fraction of sp³-hybridized carbons (Fsp3) is 0.273. The molecule has 0 spiro atoms. The number of hydrogen-bond donors (Lipinski definition) is 1. The molecule has 1 heterocycles. The van der Waals surface area contributed by atoms with Crippen LogP contribution in [0.1, 0.15) is 5.56 Å². The Morgan fingerprint density at radius 2 is 2.21 bits per heavy atom. The molecule has 0 amide bonds. The van der Waals surface area contributed by atoms with Crippen molar-refractivity contribution in [2.24, 2.45) is 7.05 Å². The number of halogens is 1. The predicted molar refractivity (Wildman–Crippen MR) is 63.4 cm³/mol. The maximum atomic E-state index is 3.60. The number of nitrogens with one attached hydrogen (secondary N) is 1. The van der Waals surface area contributed by atoms with E-state index in [9.17, 15) is 0 Å². The van der Waals surface area contributed by atoms with Crippen LogP contribution in [0.3, 0.4) is 0 Å². The van der Waals surface area contributed by atoms with Crippen LogP contribution >= 0.6 is 15.9 Å². The van der Waals surface area contributed by atoms with Gasteiger partial charge in [0.1, 0.15) is 0 Å². The fourth-order valence-electron chi connectivity index (χ4n) is 1.75. The summed E-state index contributed by atoms with van der Waals surface area (Å²) in [4.78, 5) is 0.